The van der Waals surface area contributed by atoms with E-state index in [-0.39, 0.29) is 11.9 Å². The van der Waals surface area contributed by atoms with Gasteiger partial charge in [0.25, 0.3) is 5.91 Å². The lowest BCUT2D eigenvalue weighted by molar-refractivity contribution is -0.115. The summed E-state index contributed by atoms with van der Waals surface area (Å²) in [5.41, 5.74) is 1.01. The number of tetrazole rings is 1. The van der Waals surface area contributed by atoms with Crippen LogP contribution in [0.4, 0.5) is 0 Å². The fourth-order valence-electron chi connectivity index (χ4n) is 2.78. The first-order chi connectivity index (χ1) is 13.7. The molecule has 8 nitrogen and oxygen atoms in total. The van der Waals surface area contributed by atoms with E-state index in [0.29, 0.717) is 28.1 Å². The van der Waals surface area contributed by atoms with Gasteiger partial charge in [-0.2, -0.15) is 5.21 Å². The standard InChI is InChI=1S/C19H18N6O2S/c1-2-13-8-9-14(27-13)10-16-18(26)21-19(28-16)20-15(11-17-22-24-25-23-17)12-6-4-3-5-7-12/h3-10,15H,2,11H2,1H3,(H,20,21,26)(H,22,23,24,25)/b16-10-/t15-/m1/s1. The Morgan fingerprint density at radius 1 is 1.25 bits per heavy atom. The molecule has 3 heterocycles. The molecule has 1 fully saturated rings. The molecular formula is C19H18N6O2S. The molecule has 0 radical (unpaired) electrons. The number of hydrogen-bond acceptors (Lipinski definition) is 7. The number of aliphatic imine (C=N–C) groups is 1. The van der Waals surface area contributed by atoms with Crippen molar-refractivity contribution in [3.8, 4) is 0 Å². The monoisotopic (exact) mass is 394 g/mol. The number of H-pyrrole nitrogens is 1. The number of hydrogen-bond donors (Lipinski definition) is 2. The molecule has 4 rings (SSSR count). The third-order valence-corrected chi connectivity index (χ3v) is 5.10. The normalized spacial score (nSPS) is 18.0. The number of aromatic nitrogens is 4. The smallest absolute Gasteiger partial charge is 0.264 e. The highest BCUT2D eigenvalue weighted by Crippen LogP contribution is 2.30. The number of benzene rings is 1. The Labute approximate surface area is 165 Å². The average molecular weight is 394 g/mol. The van der Waals surface area contributed by atoms with Crippen molar-refractivity contribution < 1.29 is 9.21 Å². The minimum atomic E-state index is -0.240. The van der Waals surface area contributed by atoms with Crippen LogP contribution in [0.15, 0.2) is 56.8 Å². The zero-order chi connectivity index (χ0) is 19.3. The summed E-state index contributed by atoms with van der Waals surface area (Å²) in [6.07, 6.45) is 3.01. The van der Waals surface area contributed by atoms with Crippen molar-refractivity contribution in [2.45, 2.75) is 25.8 Å². The van der Waals surface area contributed by atoms with Gasteiger partial charge in [0, 0.05) is 18.9 Å². The van der Waals surface area contributed by atoms with E-state index in [1.807, 2.05) is 49.4 Å². The lowest BCUT2D eigenvalue weighted by Crippen LogP contribution is -2.21. The molecule has 0 spiro atoms. The van der Waals surface area contributed by atoms with Crippen LogP contribution in [0, 0.1) is 0 Å². The third-order valence-electron chi connectivity index (χ3n) is 4.18. The number of carbonyl (C=O) groups excluding carboxylic acids is 1. The Morgan fingerprint density at radius 3 is 2.82 bits per heavy atom. The number of nitrogens with zero attached hydrogens (tertiary/aromatic N) is 4. The van der Waals surface area contributed by atoms with Gasteiger partial charge < -0.3 is 9.73 Å². The Hall–Kier alpha value is -3.20. The molecule has 0 aliphatic carbocycles. The highest BCUT2D eigenvalue weighted by atomic mass is 32.2. The predicted octanol–water partition coefficient (Wildman–Crippen LogP) is 2.90. The molecule has 142 valence electrons. The first-order valence-electron chi connectivity index (χ1n) is 8.86. The Morgan fingerprint density at radius 2 is 2.11 bits per heavy atom. The molecule has 28 heavy (non-hydrogen) atoms. The van der Waals surface area contributed by atoms with Gasteiger partial charge in [0.05, 0.1) is 10.9 Å². The number of rotatable bonds is 6. The highest BCUT2D eigenvalue weighted by molar-refractivity contribution is 8.18. The van der Waals surface area contributed by atoms with Crippen LogP contribution in [0.2, 0.25) is 0 Å². The van der Waals surface area contributed by atoms with E-state index in [9.17, 15) is 4.79 Å². The Kier molecular flexibility index (Phi) is 5.34. The Balaban J connectivity index is 1.57. The maximum Gasteiger partial charge on any atom is 0.264 e. The number of aromatic amines is 1. The molecule has 1 aliphatic rings. The summed E-state index contributed by atoms with van der Waals surface area (Å²) in [5.74, 6) is 1.91. The minimum Gasteiger partial charge on any atom is -0.462 e. The topological polar surface area (TPSA) is 109 Å². The van der Waals surface area contributed by atoms with Gasteiger partial charge in [-0.05, 0) is 29.5 Å². The van der Waals surface area contributed by atoms with E-state index in [1.165, 1.54) is 11.8 Å². The lowest BCUT2D eigenvalue weighted by atomic mass is 10.0. The number of aryl methyl sites for hydroxylation is 1. The van der Waals surface area contributed by atoms with Crippen molar-refractivity contribution in [1.82, 2.24) is 25.9 Å². The summed E-state index contributed by atoms with van der Waals surface area (Å²) in [5, 5.41) is 17.5. The largest absolute Gasteiger partial charge is 0.462 e. The zero-order valence-electron chi connectivity index (χ0n) is 15.1. The van der Waals surface area contributed by atoms with E-state index in [4.69, 9.17) is 9.41 Å². The first-order valence-corrected chi connectivity index (χ1v) is 9.67. The number of furan rings is 1. The molecule has 1 aromatic carbocycles. The zero-order valence-corrected chi connectivity index (χ0v) is 15.9. The number of amidine groups is 1. The minimum absolute atomic E-state index is 0.190. The SMILES string of the molecule is CCc1ccc(/C=C2\SC(=N[C@H](Cc3nn[nH]n3)c3ccccc3)NC2=O)o1. The molecule has 1 saturated heterocycles. The lowest BCUT2D eigenvalue weighted by Gasteiger charge is -2.11. The third kappa shape index (κ3) is 4.20. The van der Waals surface area contributed by atoms with E-state index in [1.54, 1.807) is 6.08 Å². The van der Waals surface area contributed by atoms with Gasteiger partial charge >= 0.3 is 0 Å². The number of nitrogens with one attached hydrogen (secondary N) is 2. The van der Waals surface area contributed by atoms with Gasteiger partial charge in [0.15, 0.2) is 11.0 Å². The first kappa shape index (κ1) is 18.2. The molecule has 1 atom stereocenters. The molecule has 0 bridgehead atoms. The quantitative estimate of drug-likeness (QED) is 0.622. The molecule has 1 amide bonds. The molecular weight excluding hydrogens is 376 g/mol. The summed E-state index contributed by atoms with van der Waals surface area (Å²) >= 11 is 1.29. The van der Waals surface area contributed by atoms with Crippen LogP contribution in [0.5, 0.6) is 0 Å². The van der Waals surface area contributed by atoms with Crippen molar-refractivity contribution >= 4 is 28.9 Å². The van der Waals surface area contributed by atoms with Crippen molar-refractivity contribution in [1.29, 1.82) is 0 Å². The van der Waals surface area contributed by atoms with Crippen molar-refractivity contribution in [2.24, 2.45) is 4.99 Å². The van der Waals surface area contributed by atoms with Gasteiger partial charge in [-0.3, -0.25) is 9.79 Å². The molecule has 2 aromatic heterocycles. The van der Waals surface area contributed by atoms with Crippen LogP contribution < -0.4 is 5.32 Å². The Bertz CT molecular complexity index is 1010. The van der Waals surface area contributed by atoms with Crippen LogP contribution in [0.3, 0.4) is 0 Å². The van der Waals surface area contributed by atoms with E-state index in [0.717, 1.165) is 17.7 Å². The number of thioether (sulfide) groups is 1. The number of amides is 1. The van der Waals surface area contributed by atoms with Crippen molar-refractivity contribution in [3.05, 3.63) is 70.3 Å². The van der Waals surface area contributed by atoms with Gasteiger partial charge in [0.2, 0.25) is 0 Å². The summed E-state index contributed by atoms with van der Waals surface area (Å²) in [4.78, 5) is 17.6. The molecule has 0 saturated carbocycles. The van der Waals surface area contributed by atoms with Crippen LogP contribution >= 0.6 is 11.8 Å². The van der Waals surface area contributed by atoms with Crippen LogP contribution in [0.25, 0.3) is 6.08 Å². The van der Waals surface area contributed by atoms with E-state index < -0.39 is 0 Å². The van der Waals surface area contributed by atoms with Crippen LogP contribution in [0.1, 0.15) is 35.9 Å². The highest BCUT2D eigenvalue weighted by Gasteiger charge is 2.26. The van der Waals surface area contributed by atoms with E-state index >= 15 is 0 Å². The molecule has 2 N–H and O–H groups in total. The summed E-state index contributed by atoms with van der Waals surface area (Å²) < 4.78 is 5.66. The van der Waals surface area contributed by atoms with E-state index in [2.05, 4.69) is 25.9 Å². The maximum absolute atomic E-state index is 12.3. The maximum atomic E-state index is 12.3. The van der Waals surface area contributed by atoms with Gasteiger partial charge in [-0.15, -0.1) is 10.2 Å². The molecule has 9 heteroatoms. The molecule has 1 aliphatic heterocycles. The fourth-order valence-corrected chi connectivity index (χ4v) is 3.63. The molecule has 0 unspecified atom stereocenters. The second-order valence-electron chi connectivity index (χ2n) is 6.12. The second-order valence-corrected chi connectivity index (χ2v) is 7.15. The summed E-state index contributed by atoms with van der Waals surface area (Å²) in [6.45, 7) is 2.02. The second kappa shape index (κ2) is 8.22. The van der Waals surface area contributed by atoms with Crippen molar-refractivity contribution in [2.75, 3.05) is 0 Å². The van der Waals surface area contributed by atoms with Gasteiger partial charge in [-0.1, -0.05) is 42.5 Å². The van der Waals surface area contributed by atoms with Gasteiger partial charge in [0.1, 0.15) is 11.5 Å². The number of carbonyl (C=O) groups is 1. The van der Waals surface area contributed by atoms with Crippen LogP contribution in [-0.4, -0.2) is 31.7 Å². The summed E-state index contributed by atoms with van der Waals surface area (Å²) in [6, 6.07) is 13.4. The van der Waals surface area contributed by atoms with Crippen molar-refractivity contribution in [3.63, 3.8) is 0 Å². The van der Waals surface area contributed by atoms with Gasteiger partial charge in [-0.25, -0.2) is 0 Å². The summed E-state index contributed by atoms with van der Waals surface area (Å²) in [7, 11) is 0. The molecule has 3 aromatic rings. The van der Waals surface area contributed by atoms with Crippen LogP contribution in [-0.2, 0) is 17.6 Å². The fraction of sp³-hybridized carbons (Fsp3) is 0.211. The average Bonchev–Trinajstić information content (AvgIpc) is 3.45. The predicted molar refractivity (Wildman–Crippen MR) is 106 cm³/mol.